The third kappa shape index (κ3) is 6.08. The SMILES string of the molecule is CCOC(=O)C1=C(CN2CC(C)(C)OC[C@H]2C(=O)OC)NC(c2nccs2)=NC1c1ccc(F)cc1Br. The molecule has 9 nitrogen and oxygen atoms in total. The predicted octanol–water partition coefficient (Wildman–Crippen LogP) is 3.61. The first-order chi connectivity index (χ1) is 17.6. The molecule has 12 heteroatoms. The van der Waals surface area contributed by atoms with E-state index in [2.05, 4.69) is 26.2 Å². The van der Waals surface area contributed by atoms with Gasteiger partial charge in [0, 0.05) is 34.8 Å². The van der Waals surface area contributed by atoms with Gasteiger partial charge in [-0.2, -0.15) is 0 Å². The summed E-state index contributed by atoms with van der Waals surface area (Å²) in [5, 5.41) is 5.73. The number of benzene rings is 1. The molecule has 2 aliphatic rings. The van der Waals surface area contributed by atoms with Gasteiger partial charge >= 0.3 is 11.9 Å². The van der Waals surface area contributed by atoms with Crippen LogP contribution in [0.3, 0.4) is 0 Å². The molecule has 1 saturated heterocycles. The van der Waals surface area contributed by atoms with Gasteiger partial charge in [0.2, 0.25) is 0 Å². The van der Waals surface area contributed by atoms with Crippen LogP contribution in [0.2, 0.25) is 0 Å². The zero-order valence-electron chi connectivity index (χ0n) is 20.9. The molecule has 0 bridgehead atoms. The molecule has 0 aliphatic carbocycles. The molecule has 1 unspecified atom stereocenters. The minimum absolute atomic E-state index is 0.141. The summed E-state index contributed by atoms with van der Waals surface area (Å²) in [7, 11) is 1.33. The molecule has 2 aliphatic heterocycles. The number of carbonyl (C=O) groups excluding carboxylic acids is 2. The number of rotatable bonds is 7. The highest BCUT2D eigenvalue weighted by Crippen LogP contribution is 2.37. The van der Waals surface area contributed by atoms with E-state index in [0.29, 0.717) is 33.1 Å². The zero-order chi connectivity index (χ0) is 26.7. The van der Waals surface area contributed by atoms with Crippen LogP contribution >= 0.6 is 27.3 Å². The van der Waals surface area contributed by atoms with Crippen molar-refractivity contribution in [3.05, 3.63) is 61.9 Å². The average molecular weight is 595 g/mol. The third-order valence-corrected chi connectivity index (χ3v) is 7.47. The van der Waals surface area contributed by atoms with E-state index < -0.39 is 35.4 Å². The molecule has 2 atom stereocenters. The number of morpholine rings is 1. The second kappa shape index (κ2) is 11.4. The lowest BCUT2D eigenvalue weighted by Gasteiger charge is -2.43. The van der Waals surface area contributed by atoms with Crippen LogP contribution in [0.25, 0.3) is 0 Å². The van der Waals surface area contributed by atoms with Crippen LogP contribution < -0.4 is 5.32 Å². The number of methoxy groups -OCH3 is 1. The minimum Gasteiger partial charge on any atom is -0.468 e. The van der Waals surface area contributed by atoms with Gasteiger partial charge in [0.15, 0.2) is 10.8 Å². The Morgan fingerprint density at radius 2 is 2.16 bits per heavy atom. The van der Waals surface area contributed by atoms with Gasteiger partial charge in [0.25, 0.3) is 0 Å². The monoisotopic (exact) mass is 594 g/mol. The Morgan fingerprint density at radius 3 is 2.81 bits per heavy atom. The summed E-state index contributed by atoms with van der Waals surface area (Å²) in [5.41, 5.74) is 0.827. The quantitative estimate of drug-likeness (QED) is 0.485. The molecule has 37 heavy (non-hydrogen) atoms. The van der Waals surface area contributed by atoms with Crippen molar-refractivity contribution in [1.29, 1.82) is 0 Å². The van der Waals surface area contributed by atoms with Gasteiger partial charge in [-0.15, -0.1) is 11.3 Å². The van der Waals surface area contributed by atoms with Crippen LogP contribution in [-0.4, -0.2) is 72.7 Å². The summed E-state index contributed by atoms with van der Waals surface area (Å²) >= 11 is 4.82. The summed E-state index contributed by atoms with van der Waals surface area (Å²) in [6.45, 7) is 6.47. The number of thiazole rings is 1. The number of aliphatic imine (C=N–C) groups is 1. The van der Waals surface area contributed by atoms with Crippen LogP contribution in [0, 0.1) is 5.82 Å². The van der Waals surface area contributed by atoms with Gasteiger partial charge < -0.3 is 19.5 Å². The highest BCUT2D eigenvalue weighted by Gasteiger charge is 2.41. The fourth-order valence-electron chi connectivity index (χ4n) is 4.34. The number of hydrogen-bond acceptors (Lipinski definition) is 10. The number of nitrogens with one attached hydrogen (secondary N) is 1. The van der Waals surface area contributed by atoms with E-state index in [-0.39, 0.29) is 25.3 Å². The molecule has 1 N–H and O–H groups in total. The molecule has 1 fully saturated rings. The average Bonchev–Trinajstić information content (AvgIpc) is 3.38. The summed E-state index contributed by atoms with van der Waals surface area (Å²) in [4.78, 5) is 37.1. The summed E-state index contributed by atoms with van der Waals surface area (Å²) in [5.74, 6) is -0.958. The molecule has 0 saturated carbocycles. The topological polar surface area (TPSA) is 102 Å². The third-order valence-electron chi connectivity index (χ3n) is 6.00. The highest BCUT2D eigenvalue weighted by atomic mass is 79.9. The van der Waals surface area contributed by atoms with Gasteiger partial charge in [-0.3, -0.25) is 14.7 Å². The first-order valence-electron chi connectivity index (χ1n) is 11.7. The van der Waals surface area contributed by atoms with Crippen molar-refractivity contribution in [2.24, 2.45) is 4.99 Å². The van der Waals surface area contributed by atoms with Gasteiger partial charge in [-0.25, -0.2) is 14.2 Å². The number of halogens is 2. The van der Waals surface area contributed by atoms with Crippen LogP contribution in [0.5, 0.6) is 0 Å². The molecule has 198 valence electrons. The lowest BCUT2D eigenvalue weighted by atomic mass is 9.94. The van der Waals surface area contributed by atoms with E-state index >= 15 is 0 Å². The normalized spacial score (nSPS) is 21.7. The molecule has 0 radical (unpaired) electrons. The Hall–Kier alpha value is -2.67. The van der Waals surface area contributed by atoms with E-state index in [1.54, 1.807) is 19.2 Å². The standard InChI is InChI=1S/C25H28BrFN4O5S/c1-5-35-24(33)19-17(11-31-13-25(2,3)36-12-18(31)23(32)34-4)29-21(22-28-8-9-37-22)30-20(19)15-7-6-14(27)10-16(15)26/h6-10,18,20H,5,11-13H2,1-4H3,(H,29,30)/t18-,20?/m0/s1. The molecular weight excluding hydrogens is 567 g/mol. The first kappa shape index (κ1) is 27.4. The Bertz CT molecular complexity index is 1230. The Balaban J connectivity index is 1.85. The van der Waals surface area contributed by atoms with Gasteiger partial charge in [0.1, 0.15) is 17.9 Å². The number of aromatic nitrogens is 1. The maximum Gasteiger partial charge on any atom is 0.338 e. The molecular formula is C25H28BrFN4O5S. The fraction of sp³-hybridized carbons (Fsp3) is 0.440. The van der Waals surface area contributed by atoms with E-state index in [4.69, 9.17) is 19.2 Å². The van der Waals surface area contributed by atoms with E-state index in [9.17, 15) is 14.0 Å². The number of hydrogen-bond donors (Lipinski definition) is 1. The number of amidine groups is 1. The highest BCUT2D eigenvalue weighted by molar-refractivity contribution is 9.10. The maximum absolute atomic E-state index is 13.9. The van der Waals surface area contributed by atoms with Gasteiger partial charge in [-0.05, 0) is 38.5 Å². The van der Waals surface area contributed by atoms with E-state index in [1.165, 1.54) is 30.6 Å². The Kier molecular flexibility index (Phi) is 8.42. The van der Waals surface area contributed by atoms with Crippen LogP contribution in [0.1, 0.15) is 37.4 Å². The van der Waals surface area contributed by atoms with Crippen molar-refractivity contribution in [3.8, 4) is 0 Å². The van der Waals surface area contributed by atoms with Crippen LogP contribution in [0.15, 0.2) is 50.5 Å². The number of nitrogens with zero attached hydrogens (tertiary/aromatic N) is 3. The summed E-state index contributed by atoms with van der Waals surface area (Å²) < 4.78 is 30.8. The summed E-state index contributed by atoms with van der Waals surface area (Å²) in [6.07, 6.45) is 1.66. The van der Waals surface area contributed by atoms with Crippen molar-refractivity contribution in [1.82, 2.24) is 15.2 Å². The Labute approximate surface area is 226 Å². The maximum atomic E-state index is 13.9. The first-order valence-corrected chi connectivity index (χ1v) is 13.4. The fourth-order valence-corrected chi connectivity index (χ4v) is 5.50. The van der Waals surface area contributed by atoms with E-state index in [1.807, 2.05) is 24.1 Å². The lowest BCUT2D eigenvalue weighted by Crippen LogP contribution is -2.58. The lowest BCUT2D eigenvalue weighted by molar-refractivity contribution is -0.164. The zero-order valence-corrected chi connectivity index (χ0v) is 23.3. The second-order valence-corrected chi connectivity index (χ2v) is 10.9. The minimum atomic E-state index is -0.810. The van der Waals surface area contributed by atoms with Crippen molar-refractivity contribution >= 4 is 45.0 Å². The molecule has 0 spiro atoms. The van der Waals surface area contributed by atoms with Crippen molar-refractivity contribution < 1.29 is 28.2 Å². The van der Waals surface area contributed by atoms with E-state index in [0.717, 1.165) is 0 Å². The molecule has 3 heterocycles. The molecule has 4 rings (SSSR count). The second-order valence-electron chi connectivity index (χ2n) is 9.14. The summed E-state index contributed by atoms with van der Waals surface area (Å²) in [6, 6.07) is 2.75. The van der Waals surface area contributed by atoms with Crippen molar-refractivity contribution in [2.75, 3.05) is 33.4 Å². The van der Waals surface area contributed by atoms with Gasteiger partial charge in [-0.1, -0.05) is 22.0 Å². The largest absolute Gasteiger partial charge is 0.468 e. The van der Waals surface area contributed by atoms with Gasteiger partial charge in [0.05, 0.1) is 31.5 Å². The van der Waals surface area contributed by atoms with Crippen molar-refractivity contribution in [2.45, 2.75) is 38.5 Å². The number of carbonyl (C=O) groups is 2. The smallest absolute Gasteiger partial charge is 0.338 e. The van der Waals surface area contributed by atoms with Crippen LogP contribution in [0.4, 0.5) is 4.39 Å². The number of ether oxygens (including phenoxy) is 3. The number of esters is 2. The Morgan fingerprint density at radius 1 is 1.38 bits per heavy atom. The predicted molar refractivity (Wildman–Crippen MR) is 140 cm³/mol. The van der Waals surface area contributed by atoms with Crippen molar-refractivity contribution in [3.63, 3.8) is 0 Å². The molecule has 0 amide bonds. The van der Waals surface area contributed by atoms with Crippen LogP contribution in [-0.2, 0) is 23.8 Å². The molecule has 2 aromatic rings. The molecule has 1 aromatic carbocycles. The molecule has 1 aromatic heterocycles.